The van der Waals surface area contributed by atoms with Crippen molar-refractivity contribution in [1.29, 1.82) is 0 Å². The number of anilines is 1. The summed E-state index contributed by atoms with van der Waals surface area (Å²) in [7, 11) is 0. The van der Waals surface area contributed by atoms with Gasteiger partial charge in [0.25, 0.3) is 0 Å². The van der Waals surface area contributed by atoms with E-state index in [-0.39, 0.29) is 5.82 Å². The van der Waals surface area contributed by atoms with Crippen LogP contribution in [-0.4, -0.2) is 16.1 Å². The molecule has 4 heteroatoms. The van der Waals surface area contributed by atoms with E-state index in [0.29, 0.717) is 0 Å². The molecule has 2 rings (SSSR count). The summed E-state index contributed by atoms with van der Waals surface area (Å²) in [6.07, 6.45) is 3.55. The van der Waals surface area contributed by atoms with E-state index in [9.17, 15) is 4.39 Å². The van der Waals surface area contributed by atoms with Crippen LogP contribution >= 0.6 is 0 Å². The highest BCUT2D eigenvalue weighted by atomic mass is 19.1. The van der Waals surface area contributed by atoms with Crippen molar-refractivity contribution in [3.63, 3.8) is 0 Å². The van der Waals surface area contributed by atoms with Gasteiger partial charge in [0.15, 0.2) is 0 Å². The SMILES string of the molecule is CCNc1nccn1-c1ccc(F)cc1. The van der Waals surface area contributed by atoms with Crippen LogP contribution in [0.2, 0.25) is 0 Å². The number of nitrogens with one attached hydrogen (secondary N) is 1. The minimum Gasteiger partial charge on any atom is -0.356 e. The van der Waals surface area contributed by atoms with E-state index < -0.39 is 0 Å². The second-order valence-electron chi connectivity index (χ2n) is 3.13. The minimum absolute atomic E-state index is 0.233. The molecule has 0 atom stereocenters. The molecule has 1 heterocycles. The third kappa shape index (κ3) is 1.98. The number of aromatic nitrogens is 2. The number of rotatable bonds is 3. The van der Waals surface area contributed by atoms with Crippen molar-refractivity contribution in [2.24, 2.45) is 0 Å². The first-order chi connectivity index (χ1) is 7.31. The van der Waals surface area contributed by atoms with Gasteiger partial charge in [-0.2, -0.15) is 0 Å². The molecule has 15 heavy (non-hydrogen) atoms. The summed E-state index contributed by atoms with van der Waals surface area (Å²) >= 11 is 0. The predicted molar refractivity (Wildman–Crippen MR) is 57.7 cm³/mol. The molecule has 0 saturated heterocycles. The van der Waals surface area contributed by atoms with Crippen molar-refractivity contribution >= 4 is 5.95 Å². The quantitative estimate of drug-likeness (QED) is 0.834. The van der Waals surface area contributed by atoms with Crippen LogP contribution in [0.15, 0.2) is 36.7 Å². The molecule has 3 nitrogen and oxygen atoms in total. The van der Waals surface area contributed by atoms with E-state index in [0.717, 1.165) is 18.2 Å². The fourth-order valence-electron chi connectivity index (χ4n) is 1.40. The van der Waals surface area contributed by atoms with Crippen LogP contribution in [0.5, 0.6) is 0 Å². The van der Waals surface area contributed by atoms with E-state index in [1.165, 1.54) is 12.1 Å². The van der Waals surface area contributed by atoms with Gasteiger partial charge in [0.2, 0.25) is 5.95 Å². The van der Waals surface area contributed by atoms with Crippen LogP contribution in [0.25, 0.3) is 5.69 Å². The number of benzene rings is 1. The van der Waals surface area contributed by atoms with E-state index in [4.69, 9.17) is 0 Å². The first kappa shape index (κ1) is 9.71. The average Bonchev–Trinajstić information content (AvgIpc) is 2.68. The number of hydrogen-bond donors (Lipinski definition) is 1. The Kier molecular flexibility index (Phi) is 2.67. The summed E-state index contributed by atoms with van der Waals surface area (Å²) in [5.41, 5.74) is 0.893. The van der Waals surface area contributed by atoms with Crippen LogP contribution in [0, 0.1) is 5.82 Å². The smallest absolute Gasteiger partial charge is 0.207 e. The molecule has 0 unspecified atom stereocenters. The van der Waals surface area contributed by atoms with Gasteiger partial charge in [-0.25, -0.2) is 9.37 Å². The molecular weight excluding hydrogens is 193 g/mol. The molecule has 0 radical (unpaired) electrons. The first-order valence-electron chi connectivity index (χ1n) is 4.84. The van der Waals surface area contributed by atoms with Crippen molar-refractivity contribution in [2.75, 3.05) is 11.9 Å². The van der Waals surface area contributed by atoms with Crippen molar-refractivity contribution < 1.29 is 4.39 Å². The number of halogens is 1. The van der Waals surface area contributed by atoms with Gasteiger partial charge < -0.3 is 5.32 Å². The molecule has 0 aliphatic heterocycles. The van der Waals surface area contributed by atoms with Crippen molar-refractivity contribution in [3.05, 3.63) is 42.5 Å². The summed E-state index contributed by atoms with van der Waals surface area (Å²) < 4.78 is 14.6. The Balaban J connectivity index is 2.36. The van der Waals surface area contributed by atoms with Gasteiger partial charge >= 0.3 is 0 Å². The normalized spacial score (nSPS) is 10.3. The van der Waals surface area contributed by atoms with E-state index >= 15 is 0 Å². The monoisotopic (exact) mass is 205 g/mol. The second-order valence-corrected chi connectivity index (χ2v) is 3.13. The Labute approximate surface area is 87.6 Å². The van der Waals surface area contributed by atoms with Crippen LogP contribution in [0.3, 0.4) is 0 Å². The van der Waals surface area contributed by atoms with Gasteiger partial charge in [-0.3, -0.25) is 4.57 Å². The van der Waals surface area contributed by atoms with Gasteiger partial charge in [0.05, 0.1) is 0 Å². The average molecular weight is 205 g/mol. The molecule has 1 aromatic carbocycles. The van der Waals surface area contributed by atoms with E-state index in [2.05, 4.69) is 10.3 Å². The number of hydrogen-bond acceptors (Lipinski definition) is 2. The summed E-state index contributed by atoms with van der Waals surface area (Å²) in [4.78, 5) is 4.16. The maximum atomic E-state index is 12.7. The lowest BCUT2D eigenvalue weighted by Gasteiger charge is -2.07. The van der Waals surface area contributed by atoms with Gasteiger partial charge in [-0.05, 0) is 31.2 Å². The van der Waals surface area contributed by atoms with Crippen LogP contribution in [0.4, 0.5) is 10.3 Å². The van der Waals surface area contributed by atoms with Crippen molar-refractivity contribution in [2.45, 2.75) is 6.92 Å². The molecule has 1 N–H and O–H groups in total. The maximum absolute atomic E-state index is 12.7. The fourth-order valence-corrected chi connectivity index (χ4v) is 1.40. The molecule has 0 bridgehead atoms. The zero-order valence-corrected chi connectivity index (χ0v) is 8.44. The molecule has 0 saturated carbocycles. The highest BCUT2D eigenvalue weighted by Gasteiger charge is 2.02. The Hall–Kier alpha value is -1.84. The second kappa shape index (κ2) is 4.13. The molecule has 0 fully saturated rings. The summed E-state index contributed by atoms with van der Waals surface area (Å²) in [5, 5.41) is 3.13. The summed E-state index contributed by atoms with van der Waals surface area (Å²) in [5.74, 6) is 0.535. The maximum Gasteiger partial charge on any atom is 0.207 e. The number of imidazole rings is 1. The third-order valence-electron chi connectivity index (χ3n) is 2.08. The topological polar surface area (TPSA) is 29.9 Å². The molecule has 2 aromatic rings. The minimum atomic E-state index is -0.233. The molecule has 0 aliphatic rings. The summed E-state index contributed by atoms with van der Waals surface area (Å²) in [6, 6.07) is 6.31. The highest BCUT2D eigenvalue weighted by molar-refractivity contribution is 5.41. The Morgan fingerprint density at radius 3 is 2.73 bits per heavy atom. The first-order valence-corrected chi connectivity index (χ1v) is 4.84. The van der Waals surface area contributed by atoms with Gasteiger partial charge in [-0.1, -0.05) is 0 Å². The van der Waals surface area contributed by atoms with Gasteiger partial charge in [-0.15, -0.1) is 0 Å². The largest absolute Gasteiger partial charge is 0.356 e. The zero-order valence-electron chi connectivity index (χ0n) is 8.44. The molecule has 78 valence electrons. The van der Waals surface area contributed by atoms with Crippen molar-refractivity contribution in [3.8, 4) is 5.69 Å². The Bertz CT molecular complexity index is 433. The molecule has 0 amide bonds. The lowest BCUT2D eigenvalue weighted by Crippen LogP contribution is -2.04. The zero-order chi connectivity index (χ0) is 10.7. The van der Waals surface area contributed by atoms with E-state index in [1.54, 1.807) is 18.3 Å². The Morgan fingerprint density at radius 1 is 1.33 bits per heavy atom. The molecule has 1 aromatic heterocycles. The standard InChI is InChI=1S/C11H12FN3/c1-2-13-11-14-7-8-15(11)10-5-3-9(12)4-6-10/h3-8H,2H2,1H3,(H,13,14). The van der Waals surface area contributed by atoms with E-state index in [1.807, 2.05) is 17.7 Å². The fraction of sp³-hybridized carbons (Fsp3) is 0.182. The lowest BCUT2D eigenvalue weighted by molar-refractivity contribution is 0.627. The van der Waals surface area contributed by atoms with Crippen LogP contribution in [0.1, 0.15) is 6.92 Å². The van der Waals surface area contributed by atoms with Gasteiger partial charge in [0.1, 0.15) is 5.82 Å². The van der Waals surface area contributed by atoms with Crippen LogP contribution in [-0.2, 0) is 0 Å². The molecule has 0 aliphatic carbocycles. The summed E-state index contributed by atoms with van der Waals surface area (Å²) in [6.45, 7) is 2.81. The van der Waals surface area contributed by atoms with Gasteiger partial charge in [0, 0.05) is 24.6 Å². The van der Waals surface area contributed by atoms with Crippen LogP contribution < -0.4 is 5.32 Å². The Morgan fingerprint density at radius 2 is 2.07 bits per heavy atom. The lowest BCUT2D eigenvalue weighted by atomic mass is 10.3. The third-order valence-corrected chi connectivity index (χ3v) is 2.08. The predicted octanol–water partition coefficient (Wildman–Crippen LogP) is 2.44. The molecular formula is C11H12FN3. The highest BCUT2D eigenvalue weighted by Crippen LogP contribution is 2.14. The molecule has 0 spiro atoms. The van der Waals surface area contributed by atoms with Crippen molar-refractivity contribution in [1.82, 2.24) is 9.55 Å². The number of nitrogens with zero attached hydrogens (tertiary/aromatic N) is 2.